The van der Waals surface area contributed by atoms with Gasteiger partial charge < -0.3 is 19.9 Å². The fourth-order valence-corrected chi connectivity index (χ4v) is 5.10. The highest BCUT2D eigenvalue weighted by Gasteiger charge is 2.36. The quantitative estimate of drug-likeness (QED) is 0.807. The molecule has 2 N–H and O–H groups in total. The van der Waals surface area contributed by atoms with Gasteiger partial charge in [0.1, 0.15) is 17.2 Å². The smallest absolute Gasteiger partial charge is 0.255 e. The Morgan fingerprint density at radius 1 is 1.17 bits per heavy atom. The van der Waals surface area contributed by atoms with Gasteiger partial charge in [-0.1, -0.05) is 17.7 Å². The van der Waals surface area contributed by atoms with Gasteiger partial charge in [0.15, 0.2) is 5.82 Å². The Hall–Kier alpha value is -2.16. The summed E-state index contributed by atoms with van der Waals surface area (Å²) in [5.41, 5.74) is 8.01. The van der Waals surface area contributed by atoms with Gasteiger partial charge >= 0.3 is 0 Å². The van der Waals surface area contributed by atoms with Crippen LogP contribution in [0.4, 0.5) is 11.6 Å². The Balaban J connectivity index is 1.41. The molecule has 3 aliphatic rings. The van der Waals surface area contributed by atoms with Crippen LogP contribution < -0.4 is 16.2 Å². The fourth-order valence-electron chi connectivity index (χ4n) is 4.88. The molecular weight excluding hydrogens is 392 g/mol. The summed E-state index contributed by atoms with van der Waals surface area (Å²) in [4.78, 5) is 26.0. The predicted octanol–water partition coefficient (Wildman–Crippen LogP) is 1.33. The average Bonchev–Trinajstić information content (AvgIpc) is 2.73. The third-order valence-corrected chi connectivity index (χ3v) is 6.64. The Morgan fingerprint density at radius 2 is 2.00 bits per heavy atom. The van der Waals surface area contributed by atoms with Gasteiger partial charge in [0.25, 0.3) is 5.56 Å². The van der Waals surface area contributed by atoms with Crippen molar-refractivity contribution < 1.29 is 4.74 Å². The van der Waals surface area contributed by atoms with Gasteiger partial charge in [0, 0.05) is 56.4 Å². The van der Waals surface area contributed by atoms with Crippen molar-refractivity contribution >= 4 is 23.2 Å². The first kappa shape index (κ1) is 18.8. The van der Waals surface area contributed by atoms with Gasteiger partial charge in [0.2, 0.25) is 0 Å². The largest absolute Gasteiger partial charge is 0.382 e. The van der Waals surface area contributed by atoms with Crippen LogP contribution in [0, 0.1) is 5.92 Å². The van der Waals surface area contributed by atoms with Gasteiger partial charge in [-0.2, -0.15) is 0 Å². The SMILES string of the molecule is Nc1ncnc(N2C[C@@H]3C[C@H](C2)c2ccc(CN4CCOCC4)c(=O)n2C3)c1Cl. The minimum Gasteiger partial charge on any atom is -0.382 e. The van der Waals surface area contributed by atoms with Crippen LogP contribution in [0.5, 0.6) is 0 Å². The van der Waals surface area contributed by atoms with E-state index in [1.165, 1.54) is 6.33 Å². The van der Waals surface area contributed by atoms with Crippen LogP contribution in [0.15, 0.2) is 23.3 Å². The number of nitrogens with zero attached hydrogens (tertiary/aromatic N) is 5. The lowest BCUT2D eigenvalue weighted by Gasteiger charge is -2.43. The highest BCUT2D eigenvalue weighted by Crippen LogP contribution is 2.38. The van der Waals surface area contributed by atoms with Crippen LogP contribution in [0.25, 0.3) is 0 Å². The van der Waals surface area contributed by atoms with Gasteiger partial charge in [-0.05, 0) is 18.4 Å². The molecule has 2 aromatic heterocycles. The van der Waals surface area contributed by atoms with E-state index in [-0.39, 0.29) is 11.5 Å². The first-order valence-electron chi connectivity index (χ1n) is 10.1. The summed E-state index contributed by atoms with van der Waals surface area (Å²) in [6.07, 6.45) is 2.54. The topological polar surface area (TPSA) is 89.5 Å². The second-order valence-corrected chi connectivity index (χ2v) is 8.57. The zero-order valence-corrected chi connectivity index (χ0v) is 17.0. The molecule has 0 aliphatic carbocycles. The molecule has 0 radical (unpaired) electrons. The molecule has 154 valence electrons. The Bertz CT molecular complexity index is 974. The van der Waals surface area contributed by atoms with Crippen molar-refractivity contribution in [1.29, 1.82) is 0 Å². The molecule has 0 spiro atoms. The number of morpholine rings is 1. The number of piperidine rings is 1. The first-order valence-corrected chi connectivity index (χ1v) is 10.5. The number of nitrogen functional groups attached to an aromatic ring is 1. The molecule has 2 fully saturated rings. The van der Waals surface area contributed by atoms with Crippen molar-refractivity contribution in [2.75, 3.05) is 50.0 Å². The third-order valence-electron chi connectivity index (χ3n) is 6.28. The predicted molar refractivity (Wildman–Crippen MR) is 111 cm³/mol. The standard InChI is InChI=1S/C20H25ClN6O2/c21-17-18(22)23-12-24-19(17)26-8-13-7-15(11-26)16-2-1-14(20(28)27(16)9-13)10-25-3-5-29-6-4-25/h1-2,12-13,15H,3-11H2,(H2,22,23,24)/t13-,15+/m0/s1. The maximum Gasteiger partial charge on any atom is 0.255 e. The summed E-state index contributed by atoms with van der Waals surface area (Å²) in [5, 5.41) is 0.408. The fraction of sp³-hybridized carbons (Fsp3) is 0.550. The lowest BCUT2D eigenvalue weighted by molar-refractivity contribution is 0.0339. The van der Waals surface area contributed by atoms with Gasteiger partial charge in [-0.25, -0.2) is 9.97 Å². The van der Waals surface area contributed by atoms with E-state index in [4.69, 9.17) is 22.1 Å². The molecular formula is C20H25ClN6O2. The lowest BCUT2D eigenvalue weighted by Crippen LogP contribution is -2.48. The van der Waals surface area contributed by atoms with E-state index in [2.05, 4.69) is 25.8 Å². The van der Waals surface area contributed by atoms with Crippen molar-refractivity contribution in [3.63, 3.8) is 0 Å². The monoisotopic (exact) mass is 416 g/mol. The van der Waals surface area contributed by atoms with Crippen LogP contribution in [-0.4, -0.2) is 58.8 Å². The van der Waals surface area contributed by atoms with E-state index in [0.29, 0.717) is 29.1 Å². The molecule has 0 aromatic carbocycles. The number of fused-ring (bicyclic) bond motifs is 4. The molecule has 5 rings (SSSR count). The molecule has 3 aliphatic heterocycles. The van der Waals surface area contributed by atoms with Crippen molar-refractivity contribution in [2.24, 2.45) is 5.92 Å². The van der Waals surface area contributed by atoms with E-state index < -0.39 is 0 Å². The van der Waals surface area contributed by atoms with Crippen LogP contribution in [0.1, 0.15) is 23.6 Å². The normalized spacial score (nSPS) is 24.4. The number of ether oxygens (including phenoxy) is 1. The molecule has 2 aromatic rings. The van der Waals surface area contributed by atoms with Crippen LogP contribution in [-0.2, 0) is 17.8 Å². The summed E-state index contributed by atoms with van der Waals surface area (Å²) >= 11 is 6.36. The van der Waals surface area contributed by atoms with E-state index in [9.17, 15) is 4.79 Å². The highest BCUT2D eigenvalue weighted by molar-refractivity contribution is 6.35. The van der Waals surface area contributed by atoms with Gasteiger partial charge in [0.05, 0.1) is 13.2 Å². The summed E-state index contributed by atoms with van der Waals surface area (Å²) < 4.78 is 7.42. The minimum atomic E-state index is 0.154. The van der Waals surface area contributed by atoms with E-state index in [1.807, 2.05) is 10.6 Å². The lowest BCUT2D eigenvalue weighted by atomic mass is 9.83. The Kier molecular flexibility index (Phi) is 4.93. The van der Waals surface area contributed by atoms with Crippen molar-refractivity contribution in [1.82, 2.24) is 19.4 Å². The summed E-state index contributed by atoms with van der Waals surface area (Å²) in [6, 6.07) is 4.15. The molecule has 2 atom stereocenters. The number of halogens is 1. The van der Waals surface area contributed by atoms with Crippen LogP contribution in [0.2, 0.25) is 5.02 Å². The van der Waals surface area contributed by atoms with Crippen molar-refractivity contribution in [3.05, 3.63) is 45.1 Å². The summed E-state index contributed by atoms with van der Waals surface area (Å²) in [5.74, 6) is 1.65. The summed E-state index contributed by atoms with van der Waals surface area (Å²) in [6.45, 7) is 6.25. The molecule has 0 saturated carbocycles. The molecule has 8 nitrogen and oxygen atoms in total. The highest BCUT2D eigenvalue weighted by atomic mass is 35.5. The second-order valence-electron chi connectivity index (χ2n) is 8.19. The van der Waals surface area contributed by atoms with Crippen LogP contribution >= 0.6 is 11.6 Å². The first-order chi connectivity index (χ1) is 14.1. The van der Waals surface area contributed by atoms with Gasteiger partial charge in [-0.15, -0.1) is 0 Å². The van der Waals surface area contributed by atoms with Crippen molar-refractivity contribution in [2.45, 2.75) is 25.4 Å². The van der Waals surface area contributed by atoms with E-state index >= 15 is 0 Å². The zero-order chi connectivity index (χ0) is 20.0. The second kappa shape index (κ2) is 7.59. The van der Waals surface area contributed by atoms with E-state index in [1.54, 1.807) is 0 Å². The Labute approximate surface area is 174 Å². The summed E-state index contributed by atoms with van der Waals surface area (Å²) in [7, 11) is 0. The number of hydrogen-bond donors (Lipinski definition) is 1. The molecule has 0 unspecified atom stereocenters. The number of anilines is 2. The molecule has 5 heterocycles. The number of aromatic nitrogens is 3. The zero-order valence-electron chi connectivity index (χ0n) is 16.3. The Morgan fingerprint density at radius 3 is 2.83 bits per heavy atom. The number of nitrogens with two attached hydrogens (primary N) is 1. The number of hydrogen-bond acceptors (Lipinski definition) is 7. The van der Waals surface area contributed by atoms with Crippen LogP contribution in [0.3, 0.4) is 0 Å². The molecule has 2 bridgehead atoms. The van der Waals surface area contributed by atoms with Gasteiger partial charge in [-0.3, -0.25) is 9.69 Å². The average molecular weight is 417 g/mol. The minimum absolute atomic E-state index is 0.154. The third kappa shape index (κ3) is 3.49. The molecule has 2 saturated heterocycles. The number of rotatable bonds is 3. The molecule has 0 amide bonds. The van der Waals surface area contributed by atoms with Crippen molar-refractivity contribution in [3.8, 4) is 0 Å². The molecule has 29 heavy (non-hydrogen) atoms. The number of pyridine rings is 1. The maximum atomic E-state index is 13.2. The molecule has 9 heteroatoms. The van der Waals surface area contributed by atoms with E-state index in [0.717, 1.165) is 63.6 Å². The maximum absolute atomic E-state index is 13.2.